The number of hydrogen-bond donors (Lipinski definition) is 9. The van der Waals surface area contributed by atoms with Crippen molar-refractivity contribution in [3.63, 3.8) is 0 Å². The fourth-order valence-corrected chi connectivity index (χ4v) is 0.146. The van der Waals surface area contributed by atoms with Crippen molar-refractivity contribution in [2.45, 2.75) is 0 Å². The molecule has 0 unspecified atom stereocenters. The Hall–Kier alpha value is 2.00. The van der Waals surface area contributed by atoms with E-state index in [9.17, 15) is 0 Å². The van der Waals surface area contributed by atoms with Gasteiger partial charge in [-0.3, -0.25) is 0 Å². The summed E-state index contributed by atoms with van der Waals surface area (Å²) in [7, 11) is -3.11. The molecule has 0 aromatic rings. The molecule has 0 aliphatic rings. The molecule has 0 atom stereocenters. The Morgan fingerprint density at radius 2 is 1.08 bits per heavy atom. The monoisotopic (exact) mass is 466 g/mol. The van der Waals surface area contributed by atoms with Crippen molar-refractivity contribution in [2.75, 3.05) is 0 Å². The first-order chi connectivity index (χ1) is 11.2. The van der Waals surface area contributed by atoms with Gasteiger partial charge in [-0.25, -0.2) is 26.3 Å². The molecule has 25 heavy (non-hydrogen) atoms. The third-order valence-electron chi connectivity index (χ3n) is 0.335. The molecule has 0 aromatic heterocycles. The second-order valence-corrected chi connectivity index (χ2v) is 3.05. The Kier molecular flexibility index (Phi) is 83.0. The van der Waals surface area contributed by atoms with Crippen molar-refractivity contribution < 1.29 is 88.6 Å². The van der Waals surface area contributed by atoms with Gasteiger partial charge < -0.3 is 43.0 Å². The first-order valence-corrected chi connectivity index (χ1v) is 6.52. The second-order valence-electron chi connectivity index (χ2n) is 1.55. The number of rotatable bonds is 7. The topological polar surface area (TPSA) is 279 Å². The molecule has 0 amide bonds. The SMILES string of the molecule is OB(O)[O][Al].OOOO[PH-].OOPOO.OOPOO.[Mg+2].[O-]B(O)O. The predicted molar refractivity (Wildman–Crippen MR) is 78.7 cm³/mol. The second kappa shape index (κ2) is 50.2. The summed E-state index contributed by atoms with van der Waals surface area (Å²) >= 11 is 1.69. The minimum Gasteiger partial charge on any atom is -0.832 e. The summed E-state index contributed by atoms with van der Waals surface area (Å²) in [6, 6.07) is 0. The van der Waals surface area contributed by atoms with Crippen LogP contribution in [-0.2, 0) is 37.2 Å². The van der Waals surface area contributed by atoms with Crippen LogP contribution < -0.4 is 5.02 Å². The zero-order valence-electron chi connectivity index (χ0n) is 11.6. The van der Waals surface area contributed by atoms with Crippen LogP contribution in [0.3, 0.4) is 0 Å². The molecule has 0 aromatic carbocycles. The molecule has 9 N–H and O–H groups in total. The maximum atomic E-state index is 8.64. The summed E-state index contributed by atoms with van der Waals surface area (Å²) in [5.74, 6) is 0. The maximum absolute atomic E-state index is 8.64. The molecule has 0 spiro atoms. The quantitative estimate of drug-likeness (QED) is 0.0756. The van der Waals surface area contributed by atoms with Gasteiger partial charge in [0, 0.05) is 0 Å². The van der Waals surface area contributed by atoms with Crippen LogP contribution in [0.2, 0.25) is 0 Å². The van der Waals surface area contributed by atoms with E-state index in [1.807, 2.05) is 0 Å². The molecular formula is H12AlB2MgO18P3. The first kappa shape index (κ1) is 41.4. The predicted octanol–water partition coefficient (Wildman–Crippen LogP) is -3.66. The molecule has 0 heterocycles. The first-order valence-electron chi connectivity index (χ1n) is 4.01. The summed E-state index contributed by atoms with van der Waals surface area (Å²) in [5.41, 5.74) is 0. The van der Waals surface area contributed by atoms with E-state index in [1.54, 1.807) is 16.6 Å². The van der Waals surface area contributed by atoms with Crippen molar-refractivity contribution >= 4 is 81.9 Å². The van der Waals surface area contributed by atoms with Gasteiger partial charge >= 0.3 is 54.3 Å². The van der Waals surface area contributed by atoms with E-state index in [1.165, 1.54) is 0 Å². The Labute approximate surface area is 170 Å². The van der Waals surface area contributed by atoms with Gasteiger partial charge in [-0.1, -0.05) is 5.04 Å². The Morgan fingerprint density at radius 1 is 0.840 bits per heavy atom. The van der Waals surface area contributed by atoms with Crippen molar-refractivity contribution in [3.8, 4) is 0 Å². The summed E-state index contributed by atoms with van der Waals surface area (Å²) in [6.07, 6.45) is 0. The van der Waals surface area contributed by atoms with E-state index in [4.69, 9.17) is 51.4 Å². The molecular weight excluding hydrogens is 454 g/mol. The van der Waals surface area contributed by atoms with E-state index in [-0.39, 0.29) is 23.1 Å². The maximum Gasteiger partial charge on any atom is 2.00 e. The third kappa shape index (κ3) is 150. The van der Waals surface area contributed by atoms with Crippen LogP contribution in [0.4, 0.5) is 0 Å². The Morgan fingerprint density at radius 3 is 1.08 bits per heavy atom. The smallest absolute Gasteiger partial charge is 0.832 e. The summed E-state index contributed by atoms with van der Waals surface area (Å²) in [5, 5.41) is 80.7. The summed E-state index contributed by atoms with van der Waals surface area (Å²) < 4.78 is 20.3. The van der Waals surface area contributed by atoms with E-state index in [0.717, 1.165) is 0 Å². The molecule has 0 bridgehead atoms. The molecule has 146 valence electrons. The molecule has 0 rings (SSSR count). The minimum absolute atomic E-state index is 0. The van der Waals surface area contributed by atoms with E-state index in [0.29, 0.717) is 0 Å². The summed E-state index contributed by atoms with van der Waals surface area (Å²) in [6.45, 7) is 0. The molecule has 0 aliphatic carbocycles. The van der Waals surface area contributed by atoms with Gasteiger partial charge in [0.25, 0.3) is 0 Å². The Balaban J connectivity index is -0.0000000448. The molecule has 18 nitrogen and oxygen atoms in total. The van der Waals surface area contributed by atoms with E-state index >= 15 is 0 Å². The van der Waals surface area contributed by atoms with Crippen LogP contribution in [-0.4, -0.2) is 101 Å². The molecule has 0 fully saturated rings. The molecule has 0 saturated carbocycles. The molecule has 25 heteroatoms. The van der Waals surface area contributed by atoms with Crippen LogP contribution in [0.1, 0.15) is 0 Å². The van der Waals surface area contributed by atoms with Crippen LogP contribution in [0.25, 0.3) is 0 Å². The van der Waals surface area contributed by atoms with Crippen LogP contribution in [0.5, 0.6) is 0 Å². The van der Waals surface area contributed by atoms with E-state index in [2.05, 4.69) is 46.6 Å². The molecule has 2 radical (unpaired) electrons. The average molecular weight is 466 g/mol. The fraction of sp³-hybridized carbons (Fsp3) is 0. The summed E-state index contributed by atoms with van der Waals surface area (Å²) in [4.78, 5) is 0. The number of hydrogen-bond acceptors (Lipinski definition) is 18. The van der Waals surface area contributed by atoms with Gasteiger partial charge in [0.1, 0.15) is 0 Å². The van der Waals surface area contributed by atoms with Crippen molar-refractivity contribution in [1.29, 1.82) is 0 Å². The van der Waals surface area contributed by atoms with Crippen LogP contribution >= 0.6 is 27.5 Å². The average Bonchev–Trinajstić information content (AvgIpc) is 2.51. The van der Waals surface area contributed by atoms with Gasteiger partial charge in [0.15, 0.2) is 0 Å². The van der Waals surface area contributed by atoms with Crippen molar-refractivity contribution in [3.05, 3.63) is 0 Å². The van der Waals surface area contributed by atoms with Gasteiger partial charge in [-0.15, -0.1) is 0 Å². The van der Waals surface area contributed by atoms with Gasteiger partial charge in [0.05, 0.1) is 0 Å². The van der Waals surface area contributed by atoms with Crippen LogP contribution in [0.15, 0.2) is 0 Å². The fourth-order valence-electron chi connectivity index (χ4n) is 0.0485. The largest absolute Gasteiger partial charge is 2.00 e. The normalized spacial score (nSPS) is 7.64. The standard InChI is InChI=1S/Al.2BH2O3.Mg.2H3O4P.H2O4P/c;2*2-1(3)4;;2*1-3-5-4-2;1-2-3-4-5/h;2*2-3H;;2*1-2,5H;1,5H/q+1;2*-1;+2;;;-1. The minimum atomic E-state index is -2.42. The Bertz CT molecular complexity index is 135. The molecule has 0 aliphatic heterocycles. The third-order valence-corrected chi connectivity index (χ3v) is 0.945. The van der Waals surface area contributed by atoms with Gasteiger partial charge in [-0.2, -0.15) is 18.7 Å². The van der Waals surface area contributed by atoms with Gasteiger partial charge in [0.2, 0.25) is 18.1 Å². The van der Waals surface area contributed by atoms with Crippen molar-refractivity contribution in [2.24, 2.45) is 0 Å². The zero-order valence-corrected chi connectivity index (χ0v) is 17.2. The zero-order chi connectivity index (χ0) is 20.2. The van der Waals surface area contributed by atoms with Crippen molar-refractivity contribution in [1.82, 2.24) is 0 Å². The van der Waals surface area contributed by atoms with Crippen LogP contribution in [0, 0.1) is 0 Å². The molecule has 0 saturated heterocycles. The van der Waals surface area contributed by atoms with Gasteiger partial charge in [-0.05, 0) is 5.04 Å². The van der Waals surface area contributed by atoms with E-state index < -0.39 is 32.7 Å².